The van der Waals surface area contributed by atoms with E-state index >= 15 is 0 Å². The van der Waals surface area contributed by atoms with Crippen LogP contribution in [0.25, 0.3) is 0 Å². The summed E-state index contributed by atoms with van der Waals surface area (Å²) < 4.78 is 42.4. The molecule has 0 aliphatic carbocycles. The molecule has 0 saturated carbocycles. The van der Waals surface area contributed by atoms with E-state index in [0.717, 1.165) is 46.9 Å². The number of aromatic nitrogens is 2. The second kappa shape index (κ2) is 26.1. The maximum atomic E-state index is 14.1. The number of nitrogens with one attached hydrogen (secondary N) is 3. The van der Waals surface area contributed by atoms with Crippen molar-refractivity contribution in [1.29, 1.82) is 0 Å². The molecule has 2 aromatic heterocycles. The van der Waals surface area contributed by atoms with Gasteiger partial charge in [-0.3, -0.25) is 29.4 Å². The number of hydrogen-bond donors (Lipinski definition) is 3. The average Bonchev–Trinajstić information content (AvgIpc) is 3.58. The number of carbonyl (C=O) groups is 2. The largest absolute Gasteiger partial charge is 0.383 e. The summed E-state index contributed by atoms with van der Waals surface area (Å²) in [6.07, 6.45) is 3.84. The van der Waals surface area contributed by atoms with Crippen LogP contribution in [0.3, 0.4) is 0 Å². The van der Waals surface area contributed by atoms with Crippen molar-refractivity contribution in [2.75, 3.05) is 123 Å². The van der Waals surface area contributed by atoms with Crippen LogP contribution in [-0.2, 0) is 46.9 Å². The molecule has 2 amide bonds. The van der Waals surface area contributed by atoms with Crippen LogP contribution in [-0.4, -0.2) is 157 Å². The molecule has 3 N–H and O–H groups in total. The summed E-state index contributed by atoms with van der Waals surface area (Å²) in [5.41, 5.74) is 6.74. The maximum Gasteiger partial charge on any atom is 0.255 e. The van der Waals surface area contributed by atoms with E-state index in [0.29, 0.717) is 110 Å². The van der Waals surface area contributed by atoms with Gasteiger partial charge in [-0.05, 0) is 86.5 Å². The summed E-state index contributed by atoms with van der Waals surface area (Å²) in [6, 6.07) is 20.3. The van der Waals surface area contributed by atoms with Crippen molar-refractivity contribution in [2.24, 2.45) is 0 Å². The Balaban J connectivity index is 0.858. The molecule has 2 aliphatic rings. The van der Waals surface area contributed by atoms with Crippen LogP contribution < -0.4 is 20.9 Å². The van der Waals surface area contributed by atoms with Gasteiger partial charge in [0.1, 0.15) is 5.82 Å². The summed E-state index contributed by atoms with van der Waals surface area (Å²) in [6.45, 7) is 17.4. The first-order valence-corrected chi connectivity index (χ1v) is 23.5. The fraction of sp³-hybridized carbons (Fsp3) is 0.529. The van der Waals surface area contributed by atoms with Crippen LogP contribution in [0.15, 0.2) is 79.1 Å². The lowest BCUT2D eigenvalue weighted by Gasteiger charge is -2.39. The minimum atomic E-state index is -0.337. The number of methoxy groups -OCH3 is 1. The Bertz CT molecular complexity index is 2130. The van der Waals surface area contributed by atoms with E-state index in [-0.39, 0.29) is 41.2 Å². The fourth-order valence-corrected chi connectivity index (χ4v) is 8.36. The first-order chi connectivity index (χ1) is 32.4. The third-order valence-electron chi connectivity index (χ3n) is 12.2. The fourth-order valence-electron chi connectivity index (χ4n) is 8.36. The number of fused-ring (bicyclic) bond motifs is 1. The normalized spacial score (nSPS) is 17.5. The number of carbonyl (C=O) groups excluding carboxylic acids is 2. The standard InChI is InChI=1S/C51H71FN8O7/c1-37-32-59(45(31-55-37)35-63-6)34-48(61)60-36-51(3,4)49-47(60)30-42(29-39-7-13-43(52)14-8-39)46(57-49)33-58(5)20-22-65-24-26-67-28-27-66-25-23-64-21-19-54-38(2)40-9-11-41(12-10-40)50(62)56-44-15-17-53-18-16-44/h7-18,30,37-38,45,54-55H,19-29,31-36H2,1-6H3,(H,53,56,62)/t37-,38-,45-/m1/s1. The number of rotatable bonds is 27. The predicted octanol–water partition coefficient (Wildman–Crippen LogP) is 5.24. The summed E-state index contributed by atoms with van der Waals surface area (Å²) in [7, 11) is 3.75. The molecule has 1 saturated heterocycles. The van der Waals surface area contributed by atoms with Crippen molar-refractivity contribution in [1.82, 2.24) is 30.4 Å². The molecule has 2 aromatic carbocycles. The SMILES string of the molecule is COC[C@H]1CN[C@H](C)CN1CC(=O)N1CC(C)(C)c2nc(CN(C)CCOCCOCCOCCOCCN[C@H](C)c3ccc(C(=O)Nc4ccncc4)cc3)c(Cc3ccc(F)cc3)cc21. The molecule has 0 radical (unpaired) electrons. The number of amides is 2. The van der Waals surface area contributed by atoms with E-state index in [1.165, 1.54) is 12.1 Å². The third-order valence-corrected chi connectivity index (χ3v) is 12.2. The Kier molecular flexibility index (Phi) is 20.1. The van der Waals surface area contributed by atoms with E-state index in [1.807, 2.05) is 41.3 Å². The third kappa shape index (κ3) is 15.9. The lowest BCUT2D eigenvalue weighted by Crippen LogP contribution is -2.59. The molecule has 6 rings (SSSR count). The number of nitrogens with zero attached hydrogens (tertiary/aromatic N) is 5. The highest BCUT2D eigenvalue weighted by molar-refractivity contribution is 6.04. The van der Waals surface area contributed by atoms with Crippen LogP contribution in [0.1, 0.15) is 72.2 Å². The van der Waals surface area contributed by atoms with Crippen LogP contribution >= 0.6 is 0 Å². The molecule has 4 heterocycles. The Hall–Kier alpha value is -4.75. The van der Waals surface area contributed by atoms with Gasteiger partial charge in [-0.15, -0.1) is 0 Å². The minimum Gasteiger partial charge on any atom is -0.383 e. The van der Waals surface area contributed by atoms with Gasteiger partial charge in [0.2, 0.25) is 5.91 Å². The molecular formula is C51H71FN8O7. The van der Waals surface area contributed by atoms with E-state index in [4.69, 9.17) is 28.7 Å². The van der Waals surface area contributed by atoms with Crippen molar-refractivity contribution in [3.05, 3.63) is 119 Å². The van der Waals surface area contributed by atoms with E-state index in [1.54, 1.807) is 31.6 Å². The van der Waals surface area contributed by atoms with Crippen molar-refractivity contribution >= 4 is 23.2 Å². The number of anilines is 2. The van der Waals surface area contributed by atoms with E-state index < -0.39 is 0 Å². The molecule has 2 aliphatic heterocycles. The van der Waals surface area contributed by atoms with Crippen molar-refractivity contribution in [2.45, 2.75) is 64.2 Å². The average molecular weight is 927 g/mol. The zero-order valence-corrected chi connectivity index (χ0v) is 40.2. The Labute approximate surface area is 396 Å². The zero-order chi connectivity index (χ0) is 47.6. The molecule has 1 fully saturated rings. The van der Waals surface area contributed by atoms with Crippen molar-refractivity contribution in [3.63, 3.8) is 0 Å². The summed E-state index contributed by atoms with van der Waals surface area (Å²) in [4.78, 5) is 42.2. The van der Waals surface area contributed by atoms with Gasteiger partial charge in [0.15, 0.2) is 0 Å². The Morgan fingerprint density at radius 2 is 1.58 bits per heavy atom. The number of halogens is 1. The van der Waals surface area contributed by atoms with Gasteiger partial charge in [-0.2, -0.15) is 0 Å². The Morgan fingerprint density at radius 3 is 2.25 bits per heavy atom. The molecule has 67 heavy (non-hydrogen) atoms. The number of hydrogen-bond acceptors (Lipinski definition) is 13. The van der Waals surface area contributed by atoms with E-state index in [9.17, 15) is 14.0 Å². The minimum absolute atomic E-state index is 0.0547. The van der Waals surface area contributed by atoms with Gasteiger partial charge in [0, 0.05) is 93.6 Å². The monoisotopic (exact) mass is 927 g/mol. The van der Waals surface area contributed by atoms with Gasteiger partial charge in [0.25, 0.3) is 5.91 Å². The first-order valence-electron chi connectivity index (χ1n) is 23.5. The van der Waals surface area contributed by atoms with Crippen LogP contribution in [0.4, 0.5) is 15.8 Å². The predicted molar refractivity (Wildman–Crippen MR) is 258 cm³/mol. The smallest absolute Gasteiger partial charge is 0.255 e. The van der Waals surface area contributed by atoms with Gasteiger partial charge in [0.05, 0.1) is 83.1 Å². The number of benzene rings is 2. The van der Waals surface area contributed by atoms with Gasteiger partial charge >= 0.3 is 0 Å². The van der Waals surface area contributed by atoms with E-state index in [2.05, 4.69) is 71.5 Å². The molecule has 4 aromatic rings. The lowest BCUT2D eigenvalue weighted by molar-refractivity contribution is -0.121. The molecule has 16 heteroatoms. The Morgan fingerprint density at radius 1 is 0.925 bits per heavy atom. The molecule has 3 atom stereocenters. The first kappa shape index (κ1) is 51.6. The van der Waals surface area contributed by atoms with Crippen LogP contribution in [0, 0.1) is 5.82 Å². The topological polar surface area (TPSA) is 152 Å². The zero-order valence-electron chi connectivity index (χ0n) is 40.2. The maximum absolute atomic E-state index is 14.1. The number of piperazine rings is 1. The molecule has 0 bridgehead atoms. The molecule has 364 valence electrons. The van der Waals surface area contributed by atoms with Crippen LogP contribution in [0.5, 0.6) is 0 Å². The molecule has 0 unspecified atom stereocenters. The quantitative estimate of drug-likeness (QED) is 0.0670. The number of likely N-dealkylation sites (N-methyl/N-ethyl adjacent to an activating group) is 1. The van der Waals surface area contributed by atoms with Gasteiger partial charge < -0.3 is 44.5 Å². The summed E-state index contributed by atoms with van der Waals surface area (Å²) >= 11 is 0. The number of pyridine rings is 2. The second-order valence-electron chi connectivity index (χ2n) is 18.2. The highest BCUT2D eigenvalue weighted by Crippen LogP contribution is 2.41. The van der Waals surface area contributed by atoms with Crippen molar-refractivity contribution < 1.29 is 37.7 Å². The second-order valence-corrected chi connectivity index (χ2v) is 18.2. The summed E-state index contributed by atoms with van der Waals surface area (Å²) in [5.74, 6) is -0.382. The van der Waals surface area contributed by atoms with Gasteiger partial charge in [-0.1, -0.05) is 38.1 Å². The highest BCUT2D eigenvalue weighted by Gasteiger charge is 2.41. The highest BCUT2D eigenvalue weighted by atomic mass is 19.1. The molecule has 15 nitrogen and oxygen atoms in total. The molecular weight excluding hydrogens is 856 g/mol. The van der Waals surface area contributed by atoms with Gasteiger partial charge in [-0.25, -0.2) is 4.39 Å². The lowest BCUT2D eigenvalue weighted by atomic mass is 9.90. The van der Waals surface area contributed by atoms with Crippen molar-refractivity contribution in [3.8, 4) is 0 Å². The van der Waals surface area contributed by atoms with Crippen LogP contribution in [0.2, 0.25) is 0 Å². The molecule has 0 spiro atoms. The summed E-state index contributed by atoms with van der Waals surface area (Å²) in [5, 5.41) is 9.83. The number of ether oxygens (including phenoxy) is 5.